The van der Waals surface area contributed by atoms with Gasteiger partial charge in [0.05, 0.1) is 0 Å². The van der Waals surface area contributed by atoms with E-state index in [2.05, 4.69) is 38.0 Å². The lowest BCUT2D eigenvalue weighted by Gasteiger charge is -2.10. The number of hydrogen-bond acceptors (Lipinski definition) is 3. The maximum absolute atomic E-state index is 7.57. The highest BCUT2D eigenvalue weighted by molar-refractivity contribution is 4.49. The molecule has 0 bridgehead atoms. The largest absolute Gasteiger partial charge is 0.397 e. The quantitative estimate of drug-likeness (QED) is 0.659. The van der Waals surface area contributed by atoms with Crippen LogP contribution in [0.4, 0.5) is 0 Å². The summed E-state index contributed by atoms with van der Waals surface area (Å²) in [6.45, 7) is 4.41. The number of aliphatic hydroxyl groups is 1. The maximum Gasteiger partial charge on any atom is 0.0402 e. The van der Waals surface area contributed by atoms with E-state index in [1.165, 1.54) is 38.8 Å². The molecule has 0 radical (unpaired) electrons. The van der Waals surface area contributed by atoms with Crippen LogP contribution in [0.2, 0.25) is 0 Å². The lowest BCUT2D eigenvalue weighted by Crippen LogP contribution is -2.14. The lowest BCUT2D eigenvalue weighted by molar-refractivity contribution is 0.318. The molecule has 0 amide bonds. The van der Waals surface area contributed by atoms with Crippen LogP contribution in [0.25, 0.3) is 0 Å². The van der Waals surface area contributed by atoms with Gasteiger partial charge in [0.2, 0.25) is 0 Å². The summed E-state index contributed by atoms with van der Waals surface area (Å²) < 4.78 is 0. The third kappa shape index (κ3) is 24.8. The fourth-order valence-corrected chi connectivity index (χ4v) is 1.21. The second-order valence-corrected chi connectivity index (χ2v) is 4.34. The molecular weight excluding hydrogens is 188 g/mol. The van der Waals surface area contributed by atoms with Crippen molar-refractivity contribution in [2.75, 3.05) is 47.9 Å². The van der Waals surface area contributed by atoms with Crippen LogP contribution in [0.15, 0.2) is 0 Å². The summed E-state index contributed by atoms with van der Waals surface area (Å²) in [4.78, 5) is 4.51. The number of nitrogens with zero attached hydrogens (tertiary/aromatic N) is 2. The van der Waals surface area contributed by atoms with Crippen molar-refractivity contribution in [3.05, 3.63) is 0 Å². The number of hydrogen-bond donors (Lipinski definition) is 1. The molecule has 0 aliphatic rings. The SMILES string of the molecule is CCO.CN(C)CCCCCCN(C)C. The number of unbranched alkanes of at least 4 members (excludes halogenated alkanes) is 3. The fourth-order valence-electron chi connectivity index (χ4n) is 1.21. The van der Waals surface area contributed by atoms with Crippen molar-refractivity contribution in [3.63, 3.8) is 0 Å². The Morgan fingerprint density at radius 2 is 1.00 bits per heavy atom. The maximum atomic E-state index is 7.57. The minimum atomic E-state index is 0.250. The monoisotopic (exact) mass is 218 g/mol. The summed E-state index contributed by atoms with van der Waals surface area (Å²) in [5.41, 5.74) is 0. The molecule has 0 heterocycles. The predicted octanol–water partition coefficient (Wildman–Crippen LogP) is 1.67. The zero-order valence-electron chi connectivity index (χ0n) is 11.3. The second-order valence-electron chi connectivity index (χ2n) is 4.34. The molecule has 0 saturated carbocycles. The van der Waals surface area contributed by atoms with Gasteiger partial charge in [-0.3, -0.25) is 0 Å². The number of aliphatic hydroxyl groups excluding tert-OH is 1. The first kappa shape index (κ1) is 17.3. The molecule has 3 nitrogen and oxygen atoms in total. The Bertz CT molecular complexity index is 93.8. The van der Waals surface area contributed by atoms with Crippen LogP contribution < -0.4 is 0 Å². The van der Waals surface area contributed by atoms with Gasteiger partial charge >= 0.3 is 0 Å². The molecule has 0 aromatic carbocycles. The van der Waals surface area contributed by atoms with E-state index in [-0.39, 0.29) is 6.61 Å². The summed E-state index contributed by atoms with van der Waals surface area (Å²) in [7, 11) is 8.55. The van der Waals surface area contributed by atoms with Crippen molar-refractivity contribution in [1.29, 1.82) is 0 Å². The van der Waals surface area contributed by atoms with Crippen LogP contribution in [0.5, 0.6) is 0 Å². The second kappa shape index (κ2) is 13.9. The molecule has 94 valence electrons. The van der Waals surface area contributed by atoms with E-state index in [0.717, 1.165) is 0 Å². The highest BCUT2D eigenvalue weighted by Gasteiger charge is 1.93. The van der Waals surface area contributed by atoms with Gasteiger partial charge in [-0.2, -0.15) is 0 Å². The Balaban J connectivity index is 0. The van der Waals surface area contributed by atoms with Gasteiger partial charge < -0.3 is 14.9 Å². The minimum Gasteiger partial charge on any atom is -0.397 e. The summed E-state index contributed by atoms with van der Waals surface area (Å²) in [5.74, 6) is 0. The molecule has 0 aromatic heterocycles. The normalized spacial score (nSPS) is 10.4. The molecule has 0 rings (SSSR count). The van der Waals surface area contributed by atoms with E-state index in [0.29, 0.717) is 0 Å². The molecule has 0 unspecified atom stereocenters. The van der Waals surface area contributed by atoms with Crippen LogP contribution in [0.1, 0.15) is 32.6 Å². The molecule has 0 aliphatic carbocycles. The lowest BCUT2D eigenvalue weighted by atomic mass is 10.2. The van der Waals surface area contributed by atoms with Gasteiger partial charge in [-0.15, -0.1) is 0 Å². The first-order valence-electron chi connectivity index (χ1n) is 5.94. The van der Waals surface area contributed by atoms with E-state index in [1.54, 1.807) is 6.92 Å². The summed E-state index contributed by atoms with van der Waals surface area (Å²) in [6, 6.07) is 0. The standard InChI is InChI=1S/C10H24N2.C2H6O/c1-11(2)9-7-5-6-8-10-12(3)4;1-2-3/h5-10H2,1-4H3;3H,2H2,1H3. The van der Waals surface area contributed by atoms with Crippen molar-refractivity contribution >= 4 is 0 Å². The third-order valence-electron chi connectivity index (χ3n) is 1.96. The molecule has 0 fully saturated rings. The minimum absolute atomic E-state index is 0.250. The van der Waals surface area contributed by atoms with Crippen LogP contribution in [0, 0.1) is 0 Å². The highest BCUT2D eigenvalue weighted by Crippen LogP contribution is 2.00. The smallest absolute Gasteiger partial charge is 0.0402 e. The van der Waals surface area contributed by atoms with Crippen molar-refractivity contribution in [3.8, 4) is 0 Å². The van der Waals surface area contributed by atoms with Gasteiger partial charge in [0, 0.05) is 6.61 Å². The molecule has 0 spiro atoms. The highest BCUT2D eigenvalue weighted by atomic mass is 16.2. The van der Waals surface area contributed by atoms with Crippen LogP contribution in [-0.2, 0) is 0 Å². The van der Waals surface area contributed by atoms with E-state index < -0.39 is 0 Å². The van der Waals surface area contributed by atoms with Crippen LogP contribution >= 0.6 is 0 Å². The average Bonchev–Trinajstić information content (AvgIpc) is 2.11. The average molecular weight is 218 g/mol. The van der Waals surface area contributed by atoms with Gasteiger partial charge in [0.25, 0.3) is 0 Å². The van der Waals surface area contributed by atoms with Crippen molar-refractivity contribution in [1.82, 2.24) is 9.80 Å². The van der Waals surface area contributed by atoms with Crippen molar-refractivity contribution in [2.24, 2.45) is 0 Å². The summed E-state index contributed by atoms with van der Waals surface area (Å²) in [6.07, 6.45) is 5.46. The van der Waals surface area contributed by atoms with Gasteiger partial charge in [0.15, 0.2) is 0 Å². The predicted molar refractivity (Wildman–Crippen MR) is 68.3 cm³/mol. The molecule has 0 atom stereocenters. The van der Waals surface area contributed by atoms with Gasteiger partial charge in [-0.05, 0) is 61.0 Å². The zero-order chi connectivity index (χ0) is 12.1. The van der Waals surface area contributed by atoms with E-state index >= 15 is 0 Å². The first-order valence-corrected chi connectivity index (χ1v) is 5.94. The van der Waals surface area contributed by atoms with Crippen LogP contribution in [0.3, 0.4) is 0 Å². The first-order chi connectivity index (χ1) is 7.04. The molecule has 0 aliphatic heterocycles. The zero-order valence-corrected chi connectivity index (χ0v) is 11.3. The fraction of sp³-hybridized carbons (Fsp3) is 1.00. The third-order valence-corrected chi connectivity index (χ3v) is 1.96. The van der Waals surface area contributed by atoms with Gasteiger partial charge in [-0.25, -0.2) is 0 Å². The molecule has 0 aromatic rings. The Morgan fingerprint density at radius 3 is 1.20 bits per heavy atom. The van der Waals surface area contributed by atoms with Crippen molar-refractivity contribution < 1.29 is 5.11 Å². The van der Waals surface area contributed by atoms with Crippen molar-refractivity contribution in [2.45, 2.75) is 32.6 Å². The molecule has 1 N–H and O–H groups in total. The Hall–Kier alpha value is -0.120. The van der Waals surface area contributed by atoms with E-state index in [4.69, 9.17) is 5.11 Å². The molecule has 3 heteroatoms. The van der Waals surface area contributed by atoms with Gasteiger partial charge in [-0.1, -0.05) is 12.8 Å². The topological polar surface area (TPSA) is 26.7 Å². The molecule has 0 saturated heterocycles. The number of rotatable bonds is 7. The van der Waals surface area contributed by atoms with E-state index in [1.807, 2.05) is 0 Å². The Labute approximate surface area is 96.1 Å². The Kier molecular flexibility index (Phi) is 16.0. The summed E-state index contributed by atoms with van der Waals surface area (Å²) in [5, 5.41) is 7.57. The van der Waals surface area contributed by atoms with Crippen LogP contribution in [-0.4, -0.2) is 62.8 Å². The summed E-state index contributed by atoms with van der Waals surface area (Å²) >= 11 is 0. The Morgan fingerprint density at radius 1 is 0.733 bits per heavy atom. The molecular formula is C12H30N2O. The molecule has 15 heavy (non-hydrogen) atoms. The van der Waals surface area contributed by atoms with Gasteiger partial charge in [0.1, 0.15) is 0 Å². The van der Waals surface area contributed by atoms with E-state index in [9.17, 15) is 0 Å².